The second-order valence-corrected chi connectivity index (χ2v) is 4.78. The second kappa shape index (κ2) is 4.74. The van der Waals surface area contributed by atoms with Gasteiger partial charge in [0, 0.05) is 16.9 Å². The van der Waals surface area contributed by atoms with Gasteiger partial charge in [-0.3, -0.25) is 0 Å². The van der Waals surface area contributed by atoms with E-state index in [0.29, 0.717) is 6.54 Å². The van der Waals surface area contributed by atoms with Gasteiger partial charge in [-0.1, -0.05) is 13.0 Å². The van der Waals surface area contributed by atoms with Crippen molar-refractivity contribution >= 4 is 11.3 Å². The summed E-state index contributed by atoms with van der Waals surface area (Å²) in [5.41, 5.74) is 5.49. The van der Waals surface area contributed by atoms with Gasteiger partial charge in [-0.25, -0.2) is 0 Å². The molecule has 0 spiro atoms. The number of aliphatic hydroxyl groups is 1. The van der Waals surface area contributed by atoms with Crippen LogP contribution in [0.5, 0.6) is 0 Å². The molecule has 1 unspecified atom stereocenters. The van der Waals surface area contributed by atoms with Gasteiger partial charge in [0.1, 0.15) is 0 Å². The third kappa shape index (κ3) is 3.10. The van der Waals surface area contributed by atoms with E-state index in [4.69, 9.17) is 10.8 Å². The molecule has 0 saturated heterocycles. The lowest BCUT2D eigenvalue weighted by Crippen LogP contribution is -2.31. The van der Waals surface area contributed by atoms with Gasteiger partial charge in [0.2, 0.25) is 0 Å². The van der Waals surface area contributed by atoms with Gasteiger partial charge >= 0.3 is 0 Å². The van der Waals surface area contributed by atoms with Crippen LogP contribution < -0.4 is 5.73 Å². The first-order valence-corrected chi connectivity index (χ1v) is 5.41. The lowest BCUT2D eigenvalue weighted by molar-refractivity contribution is 0.140. The van der Waals surface area contributed by atoms with E-state index in [2.05, 4.69) is 17.5 Å². The molecule has 1 atom stereocenters. The molecule has 3 heteroatoms. The Kier molecular flexibility index (Phi) is 3.90. The van der Waals surface area contributed by atoms with Crippen molar-refractivity contribution in [1.82, 2.24) is 0 Å². The first-order valence-electron chi connectivity index (χ1n) is 4.53. The summed E-state index contributed by atoms with van der Waals surface area (Å²) in [6.07, 6.45) is 1.98. The molecular formula is C10H17NOS. The minimum Gasteiger partial charge on any atom is -0.396 e. The third-order valence-electron chi connectivity index (χ3n) is 2.43. The van der Waals surface area contributed by atoms with Gasteiger partial charge in [-0.2, -0.15) is 0 Å². The zero-order valence-electron chi connectivity index (χ0n) is 7.99. The molecule has 1 aromatic rings. The molecule has 0 aromatic carbocycles. The number of rotatable bonds is 5. The molecule has 0 amide bonds. The van der Waals surface area contributed by atoms with Crippen molar-refractivity contribution in [3.63, 3.8) is 0 Å². The van der Waals surface area contributed by atoms with Gasteiger partial charge in [0.25, 0.3) is 0 Å². The Bertz CT molecular complexity index is 229. The molecule has 1 aromatic heterocycles. The Labute approximate surface area is 83.4 Å². The Morgan fingerprint density at radius 2 is 2.38 bits per heavy atom. The van der Waals surface area contributed by atoms with E-state index >= 15 is 0 Å². The topological polar surface area (TPSA) is 46.2 Å². The highest BCUT2D eigenvalue weighted by Gasteiger charge is 2.20. The number of nitrogens with two attached hydrogens (primary N) is 1. The normalized spacial score (nSPS) is 15.6. The maximum atomic E-state index is 9.14. The van der Waals surface area contributed by atoms with Crippen LogP contribution in [0.3, 0.4) is 0 Å². The van der Waals surface area contributed by atoms with Crippen LogP contribution in [0.15, 0.2) is 17.5 Å². The molecular weight excluding hydrogens is 182 g/mol. The van der Waals surface area contributed by atoms with Crippen molar-refractivity contribution in [2.75, 3.05) is 13.2 Å². The summed E-state index contributed by atoms with van der Waals surface area (Å²) < 4.78 is 0. The average Bonchev–Trinajstić information content (AvgIpc) is 2.67. The smallest absolute Gasteiger partial charge is 0.0496 e. The predicted octanol–water partition coefficient (Wildman–Crippen LogP) is 1.64. The molecule has 1 heterocycles. The number of hydrogen-bond donors (Lipinski definition) is 2. The Balaban J connectivity index is 2.41. The maximum absolute atomic E-state index is 9.14. The van der Waals surface area contributed by atoms with Crippen molar-refractivity contribution in [3.05, 3.63) is 22.4 Å². The lowest BCUT2D eigenvalue weighted by Gasteiger charge is -2.24. The highest BCUT2D eigenvalue weighted by molar-refractivity contribution is 7.09. The standard InChI is InChI=1S/C10H17NOS/c1-10(7-11,8-12)5-4-9-3-2-6-13-9/h2-3,6,12H,4-5,7-8,11H2,1H3. The molecule has 0 bridgehead atoms. The molecule has 0 fully saturated rings. The van der Waals surface area contributed by atoms with Gasteiger partial charge in [-0.15, -0.1) is 11.3 Å². The van der Waals surface area contributed by atoms with Crippen LogP contribution in [-0.2, 0) is 6.42 Å². The first-order chi connectivity index (χ1) is 6.20. The minimum atomic E-state index is -0.107. The first kappa shape index (κ1) is 10.7. The molecule has 0 aliphatic heterocycles. The van der Waals surface area contributed by atoms with Crippen LogP contribution in [-0.4, -0.2) is 18.3 Å². The molecule has 0 radical (unpaired) electrons. The molecule has 74 valence electrons. The monoisotopic (exact) mass is 199 g/mol. The highest BCUT2D eigenvalue weighted by atomic mass is 32.1. The van der Waals surface area contributed by atoms with E-state index in [9.17, 15) is 0 Å². The van der Waals surface area contributed by atoms with Crippen molar-refractivity contribution < 1.29 is 5.11 Å². The van der Waals surface area contributed by atoms with Crippen LogP contribution >= 0.6 is 11.3 Å². The number of aryl methyl sites for hydroxylation is 1. The zero-order valence-corrected chi connectivity index (χ0v) is 8.81. The highest BCUT2D eigenvalue weighted by Crippen LogP contribution is 2.23. The van der Waals surface area contributed by atoms with E-state index in [1.165, 1.54) is 4.88 Å². The summed E-state index contributed by atoms with van der Waals surface area (Å²) in [5.74, 6) is 0. The van der Waals surface area contributed by atoms with Crippen LogP contribution in [0, 0.1) is 5.41 Å². The SMILES string of the molecule is CC(CN)(CO)CCc1cccs1. The van der Waals surface area contributed by atoms with E-state index in [-0.39, 0.29) is 12.0 Å². The fourth-order valence-electron chi connectivity index (χ4n) is 1.13. The molecule has 1 rings (SSSR count). The van der Waals surface area contributed by atoms with Gasteiger partial charge in [-0.05, 0) is 30.8 Å². The number of hydrogen-bond acceptors (Lipinski definition) is 3. The molecule has 2 nitrogen and oxygen atoms in total. The third-order valence-corrected chi connectivity index (χ3v) is 3.37. The average molecular weight is 199 g/mol. The molecule has 13 heavy (non-hydrogen) atoms. The van der Waals surface area contributed by atoms with E-state index < -0.39 is 0 Å². The van der Waals surface area contributed by atoms with E-state index in [1.807, 2.05) is 6.92 Å². The van der Waals surface area contributed by atoms with Crippen molar-refractivity contribution in [2.45, 2.75) is 19.8 Å². The Morgan fingerprint density at radius 1 is 1.62 bits per heavy atom. The van der Waals surface area contributed by atoms with Gasteiger partial charge in [0.05, 0.1) is 0 Å². The minimum absolute atomic E-state index is 0.107. The largest absolute Gasteiger partial charge is 0.396 e. The fourth-order valence-corrected chi connectivity index (χ4v) is 1.83. The summed E-state index contributed by atoms with van der Waals surface area (Å²) in [6.45, 7) is 2.75. The van der Waals surface area contributed by atoms with E-state index in [0.717, 1.165) is 12.8 Å². The zero-order chi connectivity index (χ0) is 9.73. The summed E-state index contributed by atoms with van der Waals surface area (Å²) in [5, 5.41) is 11.2. The van der Waals surface area contributed by atoms with Gasteiger partial charge < -0.3 is 10.8 Å². The van der Waals surface area contributed by atoms with Crippen LogP contribution in [0.2, 0.25) is 0 Å². The summed E-state index contributed by atoms with van der Waals surface area (Å²) in [4.78, 5) is 1.37. The molecule has 3 N–H and O–H groups in total. The summed E-state index contributed by atoms with van der Waals surface area (Å²) in [6, 6.07) is 4.18. The maximum Gasteiger partial charge on any atom is 0.0496 e. The summed E-state index contributed by atoms with van der Waals surface area (Å²) in [7, 11) is 0. The quantitative estimate of drug-likeness (QED) is 0.757. The summed E-state index contributed by atoms with van der Waals surface area (Å²) >= 11 is 1.76. The van der Waals surface area contributed by atoms with Crippen molar-refractivity contribution in [1.29, 1.82) is 0 Å². The van der Waals surface area contributed by atoms with Crippen LogP contribution in [0.1, 0.15) is 18.2 Å². The molecule has 0 aliphatic rings. The Morgan fingerprint density at radius 3 is 2.85 bits per heavy atom. The molecule has 0 aliphatic carbocycles. The van der Waals surface area contributed by atoms with Crippen LogP contribution in [0.25, 0.3) is 0 Å². The fraction of sp³-hybridized carbons (Fsp3) is 0.600. The van der Waals surface area contributed by atoms with Gasteiger partial charge in [0.15, 0.2) is 0 Å². The predicted molar refractivity (Wildman–Crippen MR) is 56.9 cm³/mol. The second-order valence-electron chi connectivity index (χ2n) is 3.75. The van der Waals surface area contributed by atoms with E-state index in [1.54, 1.807) is 11.3 Å². The van der Waals surface area contributed by atoms with Crippen LogP contribution in [0.4, 0.5) is 0 Å². The van der Waals surface area contributed by atoms with Crippen molar-refractivity contribution in [3.8, 4) is 0 Å². The number of thiophene rings is 1. The lowest BCUT2D eigenvalue weighted by atomic mass is 9.86. The molecule has 0 saturated carbocycles. The number of aliphatic hydroxyl groups excluding tert-OH is 1. The Hall–Kier alpha value is -0.380. The van der Waals surface area contributed by atoms with Crippen molar-refractivity contribution in [2.24, 2.45) is 11.1 Å².